The average Bonchev–Trinajstić information content (AvgIpc) is 2.35. The average molecular weight is 224 g/mol. The van der Waals surface area contributed by atoms with Crippen LogP contribution in [0.2, 0.25) is 0 Å². The minimum atomic E-state index is 0.166. The molecule has 0 spiro atoms. The molecule has 1 aromatic carbocycles. The topological polar surface area (TPSA) is 47.9 Å². The summed E-state index contributed by atoms with van der Waals surface area (Å²) in [6.45, 7) is 1.75. The van der Waals surface area contributed by atoms with Crippen LogP contribution in [0.15, 0.2) is 18.2 Å². The Kier molecular flexibility index (Phi) is 4.05. The lowest BCUT2D eigenvalue weighted by atomic mass is 10.1. The van der Waals surface area contributed by atoms with Gasteiger partial charge in [0.05, 0.1) is 21.3 Å². The van der Waals surface area contributed by atoms with Gasteiger partial charge >= 0.3 is 0 Å². The fourth-order valence-electron chi connectivity index (χ4n) is 1.40. The molecule has 4 heteroatoms. The number of aliphatic hydroxyl groups is 1. The van der Waals surface area contributed by atoms with Crippen LogP contribution in [-0.2, 0) is 0 Å². The highest BCUT2D eigenvalue weighted by Crippen LogP contribution is 2.39. The maximum absolute atomic E-state index is 9.64. The van der Waals surface area contributed by atoms with Crippen molar-refractivity contribution in [3.05, 3.63) is 23.8 Å². The minimum absolute atomic E-state index is 0.166. The van der Waals surface area contributed by atoms with Crippen LogP contribution in [0, 0.1) is 0 Å². The number of aliphatic hydroxyl groups excluding tert-OH is 1. The van der Waals surface area contributed by atoms with Crippen LogP contribution in [0.5, 0.6) is 17.2 Å². The van der Waals surface area contributed by atoms with E-state index in [1.54, 1.807) is 25.1 Å². The molecule has 0 aliphatic rings. The quantitative estimate of drug-likeness (QED) is 0.799. The van der Waals surface area contributed by atoms with Gasteiger partial charge in [0.15, 0.2) is 11.5 Å². The van der Waals surface area contributed by atoms with E-state index in [9.17, 15) is 5.11 Å². The first-order valence-electron chi connectivity index (χ1n) is 4.83. The lowest BCUT2D eigenvalue weighted by Crippen LogP contribution is -1.96. The largest absolute Gasteiger partial charge is 0.508 e. The summed E-state index contributed by atoms with van der Waals surface area (Å²) in [7, 11) is 4.61. The van der Waals surface area contributed by atoms with Crippen LogP contribution >= 0.6 is 0 Å². The standard InChI is InChI=1S/C12H16O4/c1-5-9(13)8-6-10(14-2)12(16-4)11(7-8)15-3/h5-7,13H,1-4H3. The molecule has 0 aromatic heterocycles. The predicted octanol–water partition coefficient (Wildman–Crippen LogP) is 2.63. The van der Waals surface area contributed by atoms with Crippen LogP contribution in [-0.4, -0.2) is 26.4 Å². The molecule has 1 N–H and O–H groups in total. The van der Waals surface area contributed by atoms with E-state index in [1.807, 2.05) is 0 Å². The second-order valence-electron chi connectivity index (χ2n) is 3.09. The van der Waals surface area contributed by atoms with Crippen molar-refractivity contribution in [1.29, 1.82) is 0 Å². The fourth-order valence-corrected chi connectivity index (χ4v) is 1.40. The molecule has 1 aromatic rings. The monoisotopic (exact) mass is 224 g/mol. The third-order valence-electron chi connectivity index (χ3n) is 2.23. The number of methoxy groups -OCH3 is 3. The molecule has 0 bridgehead atoms. The van der Waals surface area contributed by atoms with Crippen LogP contribution in [0.3, 0.4) is 0 Å². The zero-order valence-corrected chi connectivity index (χ0v) is 9.90. The number of benzene rings is 1. The Morgan fingerprint density at radius 1 is 1.06 bits per heavy atom. The summed E-state index contributed by atoms with van der Waals surface area (Å²) in [4.78, 5) is 0. The van der Waals surface area contributed by atoms with Crippen molar-refractivity contribution in [3.8, 4) is 17.2 Å². The maximum atomic E-state index is 9.64. The Morgan fingerprint density at radius 3 is 1.88 bits per heavy atom. The van der Waals surface area contributed by atoms with Crippen LogP contribution in [0.1, 0.15) is 12.5 Å². The summed E-state index contributed by atoms with van der Waals surface area (Å²) < 4.78 is 15.5. The SMILES string of the molecule is CC=C(O)c1cc(OC)c(OC)c(OC)c1. The molecule has 0 atom stereocenters. The zero-order valence-electron chi connectivity index (χ0n) is 9.90. The fraction of sp³-hybridized carbons (Fsp3) is 0.333. The molecule has 0 radical (unpaired) electrons. The van der Waals surface area contributed by atoms with E-state index in [0.717, 1.165) is 0 Å². The number of allylic oxidation sites excluding steroid dienone is 1. The van der Waals surface area contributed by atoms with E-state index in [2.05, 4.69) is 0 Å². The summed E-state index contributed by atoms with van der Waals surface area (Å²) in [5.41, 5.74) is 0.622. The molecule has 1 rings (SSSR count). The van der Waals surface area contributed by atoms with E-state index in [0.29, 0.717) is 22.8 Å². The smallest absolute Gasteiger partial charge is 0.203 e. The molecule has 4 nitrogen and oxygen atoms in total. The summed E-state index contributed by atoms with van der Waals surface area (Å²) in [6.07, 6.45) is 1.60. The van der Waals surface area contributed by atoms with E-state index >= 15 is 0 Å². The van der Waals surface area contributed by atoms with Crippen molar-refractivity contribution in [1.82, 2.24) is 0 Å². The van der Waals surface area contributed by atoms with Gasteiger partial charge in [-0.1, -0.05) is 0 Å². The van der Waals surface area contributed by atoms with E-state index in [4.69, 9.17) is 14.2 Å². The first-order chi connectivity index (χ1) is 7.67. The van der Waals surface area contributed by atoms with Gasteiger partial charge in [-0.25, -0.2) is 0 Å². The van der Waals surface area contributed by atoms with Gasteiger partial charge in [0.2, 0.25) is 5.75 Å². The number of ether oxygens (including phenoxy) is 3. The Balaban J connectivity index is 3.37. The molecule has 16 heavy (non-hydrogen) atoms. The van der Waals surface area contributed by atoms with Crippen molar-refractivity contribution in [2.75, 3.05) is 21.3 Å². The van der Waals surface area contributed by atoms with Gasteiger partial charge in [-0.2, -0.15) is 0 Å². The molecule has 0 amide bonds. The van der Waals surface area contributed by atoms with E-state index in [-0.39, 0.29) is 5.76 Å². The van der Waals surface area contributed by atoms with Crippen molar-refractivity contribution >= 4 is 5.76 Å². The highest BCUT2D eigenvalue weighted by atomic mass is 16.5. The van der Waals surface area contributed by atoms with Gasteiger partial charge in [0.1, 0.15) is 5.76 Å². The Bertz CT molecular complexity index is 371. The van der Waals surface area contributed by atoms with Crippen LogP contribution in [0.25, 0.3) is 5.76 Å². The van der Waals surface area contributed by atoms with Gasteiger partial charge in [0.25, 0.3) is 0 Å². The van der Waals surface area contributed by atoms with E-state index < -0.39 is 0 Å². The molecular weight excluding hydrogens is 208 g/mol. The highest BCUT2D eigenvalue weighted by molar-refractivity contribution is 5.66. The lowest BCUT2D eigenvalue weighted by Gasteiger charge is -2.13. The zero-order chi connectivity index (χ0) is 12.1. The molecule has 88 valence electrons. The lowest BCUT2D eigenvalue weighted by molar-refractivity contribution is 0.324. The molecule has 0 saturated carbocycles. The van der Waals surface area contributed by atoms with Crippen molar-refractivity contribution in [2.45, 2.75) is 6.92 Å². The van der Waals surface area contributed by atoms with Gasteiger partial charge in [-0.3, -0.25) is 0 Å². The third kappa shape index (κ3) is 2.21. The predicted molar refractivity (Wildman–Crippen MR) is 62.4 cm³/mol. The molecule has 0 fully saturated rings. The molecule has 0 heterocycles. The number of hydrogen-bond donors (Lipinski definition) is 1. The van der Waals surface area contributed by atoms with Crippen molar-refractivity contribution in [2.24, 2.45) is 0 Å². The first-order valence-corrected chi connectivity index (χ1v) is 4.83. The highest BCUT2D eigenvalue weighted by Gasteiger charge is 2.14. The molecule has 0 aliphatic heterocycles. The van der Waals surface area contributed by atoms with Crippen molar-refractivity contribution in [3.63, 3.8) is 0 Å². The van der Waals surface area contributed by atoms with Gasteiger partial charge in [0, 0.05) is 5.56 Å². The second kappa shape index (κ2) is 5.30. The number of rotatable bonds is 4. The molecular formula is C12H16O4. The van der Waals surface area contributed by atoms with Crippen LogP contribution < -0.4 is 14.2 Å². The molecule has 0 aliphatic carbocycles. The Hall–Kier alpha value is -1.84. The molecule has 0 unspecified atom stereocenters. The summed E-state index contributed by atoms with van der Waals surface area (Å²) in [5.74, 6) is 1.72. The summed E-state index contributed by atoms with van der Waals surface area (Å²) in [6, 6.07) is 3.38. The Morgan fingerprint density at radius 2 is 1.56 bits per heavy atom. The first kappa shape index (κ1) is 12.2. The minimum Gasteiger partial charge on any atom is -0.508 e. The van der Waals surface area contributed by atoms with E-state index in [1.165, 1.54) is 21.3 Å². The number of hydrogen-bond acceptors (Lipinski definition) is 4. The Labute approximate surface area is 95.1 Å². The van der Waals surface area contributed by atoms with Crippen LogP contribution in [0.4, 0.5) is 0 Å². The van der Waals surface area contributed by atoms with Gasteiger partial charge in [-0.05, 0) is 25.1 Å². The summed E-state index contributed by atoms with van der Waals surface area (Å²) in [5, 5.41) is 9.64. The maximum Gasteiger partial charge on any atom is 0.203 e. The molecule has 0 saturated heterocycles. The van der Waals surface area contributed by atoms with Crippen molar-refractivity contribution < 1.29 is 19.3 Å². The second-order valence-corrected chi connectivity index (χ2v) is 3.09. The summed E-state index contributed by atoms with van der Waals surface area (Å²) >= 11 is 0. The van der Waals surface area contributed by atoms with Gasteiger partial charge < -0.3 is 19.3 Å². The van der Waals surface area contributed by atoms with Gasteiger partial charge in [-0.15, -0.1) is 0 Å². The third-order valence-corrected chi connectivity index (χ3v) is 2.23. The normalized spacial score (nSPS) is 11.1.